The number of nitrogens with zero attached hydrogens (tertiary/aromatic N) is 3. The molecule has 1 aliphatic rings. The fourth-order valence-electron chi connectivity index (χ4n) is 11.9. The summed E-state index contributed by atoms with van der Waals surface area (Å²) >= 11 is 0. The van der Waals surface area contributed by atoms with Gasteiger partial charge in [-0.05, 0) is 159 Å². The molecule has 2 aromatic heterocycles. The van der Waals surface area contributed by atoms with Gasteiger partial charge in [0.25, 0.3) is 0 Å². The van der Waals surface area contributed by atoms with Gasteiger partial charge in [0.2, 0.25) is 0 Å². The van der Waals surface area contributed by atoms with Crippen LogP contribution in [0.4, 0.5) is 17.1 Å². The Bertz CT molecular complexity index is 4230. The van der Waals surface area contributed by atoms with E-state index >= 15 is 0 Å². The molecule has 0 saturated carbocycles. The first-order valence-corrected chi connectivity index (χ1v) is 25.0. The lowest BCUT2D eigenvalue weighted by molar-refractivity contribution is 0.660. The number of benzene rings is 11. The van der Waals surface area contributed by atoms with Crippen molar-refractivity contribution in [1.82, 2.24) is 9.13 Å². The SMILES string of the molecule is CC1(C)c2ccccc2-c2cc(N(c3ccccc3)c3cccc(-c4cc(-c5ccc6c7ccccc7n(-c7ccccc7)c6c5)cc(-c5cccc6c5c5ccccc5n6-c5ccccc5)c4)c3)ccc21. The van der Waals surface area contributed by atoms with Crippen LogP contribution in [0.5, 0.6) is 0 Å². The van der Waals surface area contributed by atoms with Crippen molar-refractivity contribution in [2.24, 2.45) is 0 Å². The van der Waals surface area contributed by atoms with Crippen LogP contribution in [0.3, 0.4) is 0 Å². The summed E-state index contributed by atoms with van der Waals surface area (Å²) in [7, 11) is 0. The maximum absolute atomic E-state index is 2.41. The standard InChI is InChI=1S/C69H49N3/c1-69(2)62-32-15-12-28-57(62)61-45-55(37-39-63(61)69)70(51-21-6-3-7-22-51)54-27-18-20-46(43-54)48-40-49(47-36-38-59-58-29-13-16-33-64(58)72(67(59)44-47)53-25-10-5-11-26-53)42-50(41-48)56-31-19-35-66-68(56)60-30-14-17-34-65(60)71(66)52-23-8-4-9-24-52/h3-45H,1-2H3. The van der Waals surface area contributed by atoms with Crippen molar-refractivity contribution >= 4 is 60.7 Å². The summed E-state index contributed by atoms with van der Waals surface area (Å²) in [6.45, 7) is 4.70. The van der Waals surface area contributed by atoms with E-state index in [1.54, 1.807) is 0 Å². The van der Waals surface area contributed by atoms with Crippen LogP contribution in [0.1, 0.15) is 25.0 Å². The molecule has 0 amide bonds. The van der Waals surface area contributed by atoms with Crippen LogP contribution in [-0.4, -0.2) is 9.13 Å². The van der Waals surface area contributed by atoms with E-state index in [0.29, 0.717) is 0 Å². The molecule has 14 rings (SSSR count). The Morgan fingerprint density at radius 3 is 1.56 bits per heavy atom. The lowest BCUT2D eigenvalue weighted by Crippen LogP contribution is -2.15. The van der Waals surface area contributed by atoms with Crippen LogP contribution in [0.25, 0.3) is 99.5 Å². The molecular weight excluding hydrogens is 871 g/mol. The lowest BCUT2D eigenvalue weighted by Gasteiger charge is -2.27. The van der Waals surface area contributed by atoms with E-state index < -0.39 is 0 Å². The molecule has 72 heavy (non-hydrogen) atoms. The molecule has 0 bridgehead atoms. The van der Waals surface area contributed by atoms with Crippen molar-refractivity contribution in [3.05, 3.63) is 272 Å². The van der Waals surface area contributed by atoms with Crippen molar-refractivity contribution in [2.45, 2.75) is 19.3 Å². The monoisotopic (exact) mass is 919 g/mol. The smallest absolute Gasteiger partial charge is 0.0547 e. The summed E-state index contributed by atoms with van der Waals surface area (Å²) in [5.74, 6) is 0. The van der Waals surface area contributed by atoms with E-state index in [2.05, 4.69) is 289 Å². The molecule has 11 aromatic carbocycles. The highest BCUT2D eigenvalue weighted by atomic mass is 15.1. The third kappa shape index (κ3) is 6.58. The first-order valence-electron chi connectivity index (χ1n) is 25.0. The highest BCUT2D eigenvalue weighted by molar-refractivity contribution is 6.16. The Morgan fingerprint density at radius 1 is 0.292 bits per heavy atom. The van der Waals surface area contributed by atoms with Crippen LogP contribution < -0.4 is 4.90 Å². The van der Waals surface area contributed by atoms with Gasteiger partial charge in [-0.3, -0.25) is 0 Å². The summed E-state index contributed by atoms with van der Waals surface area (Å²) in [6, 6.07) is 96.1. The van der Waals surface area contributed by atoms with Gasteiger partial charge < -0.3 is 14.0 Å². The highest BCUT2D eigenvalue weighted by Gasteiger charge is 2.35. The van der Waals surface area contributed by atoms with Gasteiger partial charge in [0.05, 0.1) is 22.1 Å². The van der Waals surface area contributed by atoms with Gasteiger partial charge in [-0.25, -0.2) is 0 Å². The van der Waals surface area contributed by atoms with Crippen molar-refractivity contribution in [1.29, 1.82) is 0 Å². The van der Waals surface area contributed by atoms with Gasteiger partial charge in [0, 0.05) is 55.4 Å². The summed E-state index contributed by atoms with van der Waals surface area (Å²) in [5, 5.41) is 4.95. The molecule has 0 N–H and O–H groups in total. The molecule has 0 aliphatic heterocycles. The van der Waals surface area contributed by atoms with E-state index in [1.165, 1.54) is 71.4 Å². The van der Waals surface area contributed by atoms with Crippen molar-refractivity contribution in [3.8, 4) is 55.9 Å². The second-order valence-corrected chi connectivity index (χ2v) is 19.7. The fourth-order valence-corrected chi connectivity index (χ4v) is 11.9. The number of rotatable bonds is 8. The van der Waals surface area contributed by atoms with Gasteiger partial charge in [0.15, 0.2) is 0 Å². The Hall–Kier alpha value is -9.18. The predicted octanol–water partition coefficient (Wildman–Crippen LogP) is 18.7. The number of anilines is 3. The molecule has 13 aromatic rings. The van der Waals surface area contributed by atoms with Crippen LogP contribution in [-0.2, 0) is 5.41 Å². The van der Waals surface area contributed by atoms with E-state index in [-0.39, 0.29) is 5.41 Å². The first-order chi connectivity index (χ1) is 35.5. The zero-order valence-corrected chi connectivity index (χ0v) is 40.2. The van der Waals surface area contributed by atoms with Gasteiger partial charge in [0.1, 0.15) is 0 Å². The molecule has 1 aliphatic carbocycles. The lowest BCUT2D eigenvalue weighted by atomic mass is 9.82. The molecular formula is C69H49N3. The molecule has 3 heteroatoms. The van der Waals surface area contributed by atoms with E-state index in [9.17, 15) is 0 Å². The minimum Gasteiger partial charge on any atom is -0.310 e. The van der Waals surface area contributed by atoms with Crippen LogP contribution in [0.15, 0.2) is 261 Å². The molecule has 0 saturated heterocycles. The number of hydrogen-bond donors (Lipinski definition) is 0. The molecule has 3 nitrogen and oxygen atoms in total. The zero-order valence-electron chi connectivity index (χ0n) is 40.2. The molecule has 0 radical (unpaired) electrons. The van der Waals surface area contributed by atoms with Gasteiger partial charge >= 0.3 is 0 Å². The Kier molecular flexibility index (Phi) is 9.56. The summed E-state index contributed by atoms with van der Waals surface area (Å²) < 4.78 is 4.83. The molecule has 0 spiro atoms. The average Bonchev–Trinajstić information content (AvgIpc) is 4.04. The molecule has 2 heterocycles. The van der Waals surface area contributed by atoms with Crippen molar-refractivity contribution in [2.75, 3.05) is 4.90 Å². The molecule has 340 valence electrons. The van der Waals surface area contributed by atoms with E-state index in [1.807, 2.05) is 0 Å². The summed E-state index contributed by atoms with van der Waals surface area (Å²) in [4.78, 5) is 2.41. The maximum atomic E-state index is 2.41. The number of aromatic nitrogens is 2. The predicted molar refractivity (Wildman–Crippen MR) is 304 cm³/mol. The molecule has 0 atom stereocenters. The Balaban J connectivity index is 0.991. The average molecular weight is 920 g/mol. The normalized spacial score (nSPS) is 12.7. The summed E-state index contributed by atoms with van der Waals surface area (Å²) in [6.07, 6.45) is 0. The second kappa shape index (κ2) is 16.5. The third-order valence-electron chi connectivity index (χ3n) is 15.3. The van der Waals surface area contributed by atoms with Crippen molar-refractivity contribution in [3.63, 3.8) is 0 Å². The maximum Gasteiger partial charge on any atom is 0.0547 e. The number of fused-ring (bicyclic) bond motifs is 9. The second-order valence-electron chi connectivity index (χ2n) is 19.7. The Labute approximate surface area is 419 Å². The van der Waals surface area contributed by atoms with E-state index in [0.717, 1.165) is 56.3 Å². The molecule has 0 fully saturated rings. The Morgan fingerprint density at radius 2 is 0.806 bits per heavy atom. The quantitative estimate of drug-likeness (QED) is 0.148. The van der Waals surface area contributed by atoms with Gasteiger partial charge in [-0.2, -0.15) is 0 Å². The number of hydrogen-bond acceptors (Lipinski definition) is 1. The minimum atomic E-state index is -0.0753. The first kappa shape index (κ1) is 41.8. The van der Waals surface area contributed by atoms with Crippen molar-refractivity contribution < 1.29 is 0 Å². The van der Waals surface area contributed by atoms with Crippen LogP contribution >= 0.6 is 0 Å². The topological polar surface area (TPSA) is 13.1 Å². The van der Waals surface area contributed by atoms with Gasteiger partial charge in [-0.1, -0.05) is 172 Å². The largest absolute Gasteiger partial charge is 0.310 e. The van der Waals surface area contributed by atoms with Gasteiger partial charge in [-0.15, -0.1) is 0 Å². The highest BCUT2D eigenvalue weighted by Crippen LogP contribution is 2.51. The minimum absolute atomic E-state index is 0.0753. The third-order valence-corrected chi connectivity index (χ3v) is 15.3. The zero-order chi connectivity index (χ0) is 47.9. The van der Waals surface area contributed by atoms with Crippen LogP contribution in [0.2, 0.25) is 0 Å². The number of para-hydroxylation sites is 5. The summed E-state index contributed by atoms with van der Waals surface area (Å²) in [5.41, 5.74) is 22.6. The fraction of sp³-hybridized carbons (Fsp3) is 0.0435. The van der Waals surface area contributed by atoms with Crippen LogP contribution in [0, 0.1) is 0 Å². The van der Waals surface area contributed by atoms with E-state index in [4.69, 9.17) is 0 Å². The molecule has 0 unspecified atom stereocenters.